The number of carbonyl (C=O) groups excluding carboxylic acids is 2. The fourth-order valence-corrected chi connectivity index (χ4v) is 2.53. The number of carbonyl (C=O) groups is 3. The van der Waals surface area contributed by atoms with Gasteiger partial charge >= 0.3 is 11.9 Å². The first-order valence-electron chi connectivity index (χ1n) is 8.04. The predicted octanol–water partition coefficient (Wildman–Crippen LogP) is 2.36. The van der Waals surface area contributed by atoms with Crippen LogP contribution in [-0.4, -0.2) is 29.6 Å². The quantitative estimate of drug-likeness (QED) is 0.645. The summed E-state index contributed by atoms with van der Waals surface area (Å²) in [6.07, 6.45) is 4.10. The van der Waals surface area contributed by atoms with E-state index in [1.807, 2.05) is 0 Å². The number of cyclic esters (lactones) is 1. The molecule has 0 unspecified atom stereocenters. The Balaban J connectivity index is 2.17. The van der Waals surface area contributed by atoms with Crippen LogP contribution in [0.3, 0.4) is 0 Å². The number of hydrogen-bond donors (Lipinski definition) is 2. The van der Waals surface area contributed by atoms with Gasteiger partial charge in [0.2, 0.25) is 5.91 Å². The molecule has 1 heterocycles. The molecule has 1 aliphatic rings. The summed E-state index contributed by atoms with van der Waals surface area (Å²) in [5.41, 5.74) is 0.602. The van der Waals surface area contributed by atoms with E-state index in [9.17, 15) is 18.8 Å². The zero-order valence-corrected chi connectivity index (χ0v) is 13.6. The van der Waals surface area contributed by atoms with Crippen LogP contribution in [0.15, 0.2) is 36.4 Å². The number of esters is 1. The standard InChI is InChI=1S/C18H20FNO5/c19-14-8-6-12(7-9-14)15-11-25-18(24)13(10-17(22)23)4-2-1-3-5-16(21)20-15/h1-2,6-9,13,15H,3-5,10-11H2,(H,20,21)(H,22,23)/b2-1+/t13-,15-/m0/s1. The molecule has 1 aliphatic heterocycles. The molecule has 134 valence electrons. The Labute approximate surface area is 144 Å². The first-order chi connectivity index (χ1) is 12.0. The lowest BCUT2D eigenvalue weighted by molar-refractivity contribution is -0.153. The number of halogens is 1. The smallest absolute Gasteiger partial charge is 0.309 e. The number of rotatable bonds is 3. The highest BCUT2D eigenvalue weighted by Gasteiger charge is 2.24. The van der Waals surface area contributed by atoms with E-state index in [0.29, 0.717) is 12.0 Å². The summed E-state index contributed by atoms with van der Waals surface area (Å²) < 4.78 is 18.3. The summed E-state index contributed by atoms with van der Waals surface area (Å²) in [7, 11) is 0. The third-order valence-electron chi connectivity index (χ3n) is 3.88. The zero-order valence-electron chi connectivity index (χ0n) is 13.6. The van der Waals surface area contributed by atoms with Crippen LogP contribution in [0.1, 0.15) is 37.3 Å². The average Bonchev–Trinajstić information content (AvgIpc) is 2.56. The largest absolute Gasteiger partial charge is 0.481 e. The van der Waals surface area contributed by atoms with Crippen molar-refractivity contribution < 1.29 is 28.6 Å². The van der Waals surface area contributed by atoms with Crippen molar-refractivity contribution in [2.24, 2.45) is 5.92 Å². The van der Waals surface area contributed by atoms with Crippen molar-refractivity contribution in [3.05, 3.63) is 47.8 Å². The van der Waals surface area contributed by atoms with Crippen molar-refractivity contribution in [3.63, 3.8) is 0 Å². The molecular formula is C18H20FNO5. The molecule has 2 N–H and O–H groups in total. The lowest BCUT2D eigenvalue weighted by atomic mass is 10.0. The van der Waals surface area contributed by atoms with E-state index >= 15 is 0 Å². The Morgan fingerprint density at radius 2 is 1.96 bits per heavy atom. The molecule has 0 spiro atoms. The summed E-state index contributed by atoms with van der Waals surface area (Å²) in [5, 5.41) is 11.7. The van der Waals surface area contributed by atoms with E-state index in [0.717, 1.165) is 0 Å². The molecule has 0 radical (unpaired) electrons. The molecule has 2 atom stereocenters. The van der Waals surface area contributed by atoms with Gasteiger partial charge < -0.3 is 15.2 Å². The topological polar surface area (TPSA) is 92.7 Å². The molecule has 2 rings (SSSR count). The molecular weight excluding hydrogens is 329 g/mol. The molecule has 0 fully saturated rings. The van der Waals surface area contributed by atoms with Gasteiger partial charge in [-0.2, -0.15) is 0 Å². The van der Waals surface area contributed by atoms with Gasteiger partial charge in [0.15, 0.2) is 0 Å². The van der Waals surface area contributed by atoms with Gasteiger partial charge in [-0.15, -0.1) is 0 Å². The molecule has 1 aromatic carbocycles. The van der Waals surface area contributed by atoms with Crippen molar-refractivity contribution in [2.75, 3.05) is 6.61 Å². The molecule has 6 nitrogen and oxygen atoms in total. The maximum atomic E-state index is 13.1. The highest BCUT2D eigenvalue weighted by molar-refractivity contribution is 5.79. The summed E-state index contributed by atoms with van der Waals surface area (Å²) in [4.78, 5) is 35.1. The molecule has 25 heavy (non-hydrogen) atoms. The molecule has 0 bridgehead atoms. The van der Waals surface area contributed by atoms with E-state index in [-0.39, 0.29) is 31.8 Å². The number of allylic oxidation sites excluding steroid dienone is 2. The summed E-state index contributed by atoms with van der Waals surface area (Å²) in [6.45, 7) is -0.143. The normalized spacial score (nSPS) is 23.6. The van der Waals surface area contributed by atoms with Crippen LogP contribution in [0.2, 0.25) is 0 Å². The zero-order chi connectivity index (χ0) is 18.2. The van der Waals surface area contributed by atoms with Crippen LogP contribution in [0.5, 0.6) is 0 Å². The van der Waals surface area contributed by atoms with Crippen molar-refractivity contribution >= 4 is 17.8 Å². The van der Waals surface area contributed by atoms with Gasteiger partial charge in [0, 0.05) is 6.42 Å². The number of carboxylic acid groups (broad SMARTS) is 1. The third kappa shape index (κ3) is 6.02. The van der Waals surface area contributed by atoms with Crippen molar-refractivity contribution in [2.45, 2.75) is 31.7 Å². The number of nitrogens with one attached hydrogen (secondary N) is 1. The van der Waals surface area contributed by atoms with E-state index in [4.69, 9.17) is 9.84 Å². The second-order valence-electron chi connectivity index (χ2n) is 5.84. The third-order valence-corrected chi connectivity index (χ3v) is 3.88. The van der Waals surface area contributed by atoms with E-state index in [1.165, 1.54) is 24.3 Å². The van der Waals surface area contributed by atoms with Crippen LogP contribution in [0.4, 0.5) is 4.39 Å². The summed E-state index contributed by atoms with van der Waals surface area (Å²) in [6, 6.07) is 4.92. The van der Waals surface area contributed by atoms with Crippen LogP contribution in [0.25, 0.3) is 0 Å². The Bertz CT molecular complexity index is 656. The minimum Gasteiger partial charge on any atom is -0.481 e. The minimum atomic E-state index is -1.08. The Morgan fingerprint density at radius 3 is 2.64 bits per heavy atom. The highest BCUT2D eigenvalue weighted by atomic mass is 19.1. The van der Waals surface area contributed by atoms with Gasteiger partial charge in [-0.3, -0.25) is 14.4 Å². The molecule has 0 aromatic heterocycles. The van der Waals surface area contributed by atoms with Gasteiger partial charge in [-0.25, -0.2) is 4.39 Å². The first-order valence-corrected chi connectivity index (χ1v) is 8.04. The Kier molecular flexibility index (Phi) is 6.68. The molecule has 0 saturated carbocycles. The fourth-order valence-electron chi connectivity index (χ4n) is 2.53. The summed E-state index contributed by atoms with van der Waals surface area (Å²) >= 11 is 0. The lowest BCUT2D eigenvalue weighted by Crippen LogP contribution is -2.33. The predicted molar refractivity (Wildman–Crippen MR) is 87.0 cm³/mol. The molecule has 1 amide bonds. The average molecular weight is 349 g/mol. The number of ether oxygens (including phenoxy) is 1. The second kappa shape index (κ2) is 8.96. The van der Waals surface area contributed by atoms with Gasteiger partial charge in [-0.1, -0.05) is 24.3 Å². The minimum absolute atomic E-state index is 0.143. The number of carboxylic acids is 1. The van der Waals surface area contributed by atoms with Crippen LogP contribution in [0, 0.1) is 11.7 Å². The maximum absolute atomic E-state index is 13.1. The number of amides is 1. The molecule has 0 saturated heterocycles. The Morgan fingerprint density at radius 1 is 1.24 bits per heavy atom. The van der Waals surface area contributed by atoms with Gasteiger partial charge in [0.25, 0.3) is 0 Å². The Hall–Kier alpha value is -2.70. The maximum Gasteiger partial charge on any atom is 0.309 e. The molecule has 1 aromatic rings. The van der Waals surface area contributed by atoms with Gasteiger partial charge in [-0.05, 0) is 30.5 Å². The molecule has 7 heteroatoms. The fraction of sp³-hybridized carbons (Fsp3) is 0.389. The highest BCUT2D eigenvalue weighted by Crippen LogP contribution is 2.18. The van der Waals surface area contributed by atoms with Crippen molar-refractivity contribution in [1.82, 2.24) is 5.32 Å². The van der Waals surface area contributed by atoms with Gasteiger partial charge in [0.1, 0.15) is 12.4 Å². The van der Waals surface area contributed by atoms with Crippen LogP contribution >= 0.6 is 0 Å². The van der Waals surface area contributed by atoms with Crippen LogP contribution < -0.4 is 5.32 Å². The van der Waals surface area contributed by atoms with E-state index < -0.39 is 29.7 Å². The van der Waals surface area contributed by atoms with E-state index in [2.05, 4.69) is 5.32 Å². The van der Waals surface area contributed by atoms with Crippen molar-refractivity contribution in [3.8, 4) is 0 Å². The molecule has 0 aliphatic carbocycles. The number of benzene rings is 1. The first kappa shape index (κ1) is 18.6. The number of aliphatic carboxylic acids is 1. The number of hydrogen-bond acceptors (Lipinski definition) is 4. The van der Waals surface area contributed by atoms with Crippen molar-refractivity contribution in [1.29, 1.82) is 0 Å². The van der Waals surface area contributed by atoms with Gasteiger partial charge in [0.05, 0.1) is 18.4 Å². The second-order valence-corrected chi connectivity index (χ2v) is 5.84. The summed E-state index contributed by atoms with van der Waals surface area (Å²) in [5.74, 6) is -3.11. The van der Waals surface area contributed by atoms with Crippen LogP contribution in [-0.2, 0) is 19.1 Å². The SMILES string of the molecule is O=C(O)C[C@@H]1C/C=C/CCC(=O)N[C@H](c2ccc(F)cc2)COC1=O. The monoisotopic (exact) mass is 349 g/mol. The lowest BCUT2D eigenvalue weighted by Gasteiger charge is -2.21. The van der Waals surface area contributed by atoms with E-state index in [1.54, 1.807) is 12.2 Å².